The van der Waals surface area contributed by atoms with E-state index in [-0.39, 0.29) is 36.5 Å². The van der Waals surface area contributed by atoms with E-state index in [9.17, 15) is 14.4 Å². The molecule has 0 spiro atoms. The van der Waals surface area contributed by atoms with Gasteiger partial charge in [0.25, 0.3) is 5.91 Å². The highest BCUT2D eigenvalue weighted by atomic mass is 16.5. The van der Waals surface area contributed by atoms with Crippen LogP contribution in [-0.2, 0) is 27.3 Å². The van der Waals surface area contributed by atoms with Gasteiger partial charge >= 0.3 is 5.97 Å². The first-order valence-electron chi connectivity index (χ1n) is 12.9. The maximum absolute atomic E-state index is 13.0. The summed E-state index contributed by atoms with van der Waals surface area (Å²) in [6.07, 6.45) is 3.93. The van der Waals surface area contributed by atoms with Crippen LogP contribution in [0.5, 0.6) is 5.75 Å². The number of hydrogen-bond acceptors (Lipinski definition) is 8. The Labute approximate surface area is 225 Å². The smallest absolute Gasteiger partial charge is 0.313 e. The van der Waals surface area contributed by atoms with Crippen molar-refractivity contribution in [3.8, 4) is 5.75 Å². The molecule has 10 heteroatoms. The molecule has 0 saturated heterocycles. The number of carbonyl (C=O) groups excluding carboxylic acids is 3. The van der Waals surface area contributed by atoms with Gasteiger partial charge in [-0.2, -0.15) is 0 Å². The molecule has 3 N–H and O–H groups in total. The Kier molecular flexibility index (Phi) is 7.81. The third-order valence-electron chi connectivity index (χ3n) is 6.55. The molecule has 0 radical (unpaired) electrons. The van der Waals surface area contributed by atoms with Crippen LogP contribution in [0.3, 0.4) is 0 Å². The molecule has 1 atom stereocenters. The van der Waals surface area contributed by atoms with E-state index in [1.165, 1.54) is 6.33 Å². The van der Waals surface area contributed by atoms with Gasteiger partial charge in [-0.25, -0.2) is 9.97 Å². The van der Waals surface area contributed by atoms with Gasteiger partial charge in [0, 0.05) is 31.3 Å². The molecular weight excluding hydrogens is 498 g/mol. The molecule has 4 aromatic rings. The summed E-state index contributed by atoms with van der Waals surface area (Å²) in [4.78, 5) is 48.9. The monoisotopic (exact) mass is 527 g/mol. The van der Waals surface area contributed by atoms with Gasteiger partial charge in [-0.3, -0.25) is 14.4 Å². The summed E-state index contributed by atoms with van der Waals surface area (Å²) in [6, 6.07) is 15.1. The van der Waals surface area contributed by atoms with Gasteiger partial charge in [0.2, 0.25) is 0 Å². The molecule has 10 nitrogen and oxygen atoms in total. The van der Waals surface area contributed by atoms with Gasteiger partial charge in [0.1, 0.15) is 24.2 Å². The normalized spacial score (nSPS) is 13.3. The minimum Gasteiger partial charge on any atom is -0.486 e. The van der Waals surface area contributed by atoms with Crippen molar-refractivity contribution in [1.29, 1.82) is 0 Å². The number of nitrogens with zero attached hydrogens (tertiary/aromatic N) is 2. The molecule has 5 rings (SSSR count). The second-order valence-electron chi connectivity index (χ2n) is 9.21. The number of carbonyl (C=O) groups is 3. The lowest BCUT2D eigenvalue weighted by atomic mass is 9.96. The van der Waals surface area contributed by atoms with Gasteiger partial charge in [-0.1, -0.05) is 36.4 Å². The van der Waals surface area contributed by atoms with Crippen LogP contribution in [0.15, 0.2) is 61.1 Å². The fourth-order valence-electron chi connectivity index (χ4n) is 4.66. The van der Waals surface area contributed by atoms with Crippen LogP contribution >= 0.6 is 0 Å². The Hall–Kier alpha value is -4.73. The number of H-pyrrole nitrogens is 1. The summed E-state index contributed by atoms with van der Waals surface area (Å²) < 4.78 is 10.7. The van der Waals surface area contributed by atoms with Crippen molar-refractivity contribution in [3.05, 3.63) is 83.4 Å². The Morgan fingerprint density at radius 3 is 2.82 bits per heavy atom. The largest absolute Gasteiger partial charge is 0.486 e. The van der Waals surface area contributed by atoms with Crippen LogP contribution in [0.1, 0.15) is 46.4 Å². The quantitative estimate of drug-likeness (QED) is 0.267. The number of Topliss-reactive ketones (excluding diaryl/α,β-unsaturated/α-hetero) is 1. The molecule has 2 aromatic heterocycles. The van der Waals surface area contributed by atoms with Crippen LogP contribution in [-0.4, -0.2) is 52.4 Å². The fraction of sp³-hybridized carbons (Fsp3) is 0.276. The van der Waals surface area contributed by atoms with Gasteiger partial charge in [0.15, 0.2) is 11.5 Å². The first-order valence-corrected chi connectivity index (χ1v) is 12.9. The van der Waals surface area contributed by atoms with Crippen molar-refractivity contribution >= 4 is 34.4 Å². The molecule has 1 aliphatic rings. The Morgan fingerprint density at radius 2 is 2.00 bits per heavy atom. The number of fused-ring (bicyclic) bond motifs is 2. The SMILES string of the molecule is CCOC(=O)C(CCNc1c[nH]c2c(C(=O)NCc3ccc4c(c3)CC(=O)CO4)ncnc12)c1ccccc1. The number of rotatable bonds is 10. The third-order valence-corrected chi connectivity index (χ3v) is 6.55. The van der Waals surface area contributed by atoms with Crippen molar-refractivity contribution in [1.82, 2.24) is 20.3 Å². The number of amides is 1. The lowest BCUT2D eigenvalue weighted by molar-refractivity contribution is -0.145. The van der Waals surface area contributed by atoms with Crippen molar-refractivity contribution < 1.29 is 23.9 Å². The molecular formula is C29H29N5O5. The number of benzene rings is 2. The molecule has 1 unspecified atom stereocenters. The summed E-state index contributed by atoms with van der Waals surface area (Å²) in [5.74, 6) is -0.283. The second-order valence-corrected chi connectivity index (χ2v) is 9.21. The van der Waals surface area contributed by atoms with Crippen LogP contribution in [0.4, 0.5) is 5.69 Å². The maximum atomic E-state index is 13.0. The number of aromatic nitrogens is 3. The lowest BCUT2D eigenvalue weighted by Crippen LogP contribution is -2.25. The van der Waals surface area contributed by atoms with E-state index >= 15 is 0 Å². The van der Waals surface area contributed by atoms with E-state index in [0.29, 0.717) is 48.5 Å². The Balaban J connectivity index is 1.24. The number of aromatic amines is 1. The number of ether oxygens (including phenoxy) is 2. The molecule has 2 aromatic carbocycles. The van der Waals surface area contributed by atoms with Gasteiger partial charge in [-0.05, 0) is 36.6 Å². The molecule has 0 bridgehead atoms. The highest BCUT2D eigenvalue weighted by Crippen LogP contribution is 2.26. The van der Waals surface area contributed by atoms with Crippen LogP contribution < -0.4 is 15.4 Å². The first kappa shape index (κ1) is 25.9. The van der Waals surface area contributed by atoms with Crippen molar-refractivity contribution in [2.75, 3.05) is 25.1 Å². The average molecular weight is 528 g/mol. The first-order chi connectivity index (χ1) is 19.0. The summed E-state index contributed by atoms with van der Waals surface area (Å²) in [5.41, 5.74) is 4.58. The minimum absolute atomic E-state index is 0.0275. The molecule has 39 heavy (non-hydrogen) atoms. The van der Waals surface area contributed by atoms with E-state index in [2.05, 4.69) is 25.6 Å². The van der Waals surface area contributed by atoms with E-state index < -0.39 is 5.92 Å². The van der Waals surface area contributed by atoms with Crippen LogP contribution in [0.25, 0.3) is 11.0 Å². The number of anilines is 1. The minimum atomic E-state index is -0.395. The fourth-order valence-corrected chi connectivity index (χ4v) is 4.66. The summed E-state index contributed by atoms with van der Waals surface area (Å²) in [5, 5.41) is 6.21. The molecule has 0 saturated carbocycles. The maximum Gasteiger partial charge on any atom is 0.313 e. The lowest BCUT2D eigenvalue weighted by Gasteiger charge is -2.17. The van der Waals surface area contributed by atoms with E-state index in [0.717, 1.165) is 16.7 Å². The topological polar surface area (TPSA) is 135 Å². The summed E-state index contributed by atoms with van der Waals surface area (Å²) >= 11 is 0. The number of hydrogen-bond donors (Lipinski definition) is 3. The highest BCUT2D eigenvalue weighted by Gasteiger charge is 2.22. The van der Waals surface area contributed by atoms with Gasteiger partial charge in [-0.15, -0.1) is 0 Å². The molecule has 0 fully saturated rings. The van der Waals surface area contributed by atoms with Crippen LogP contribution in [0.2, 0.25) is 0 Å². The summed E-state index contributed by atoms with van der Waals surface area (Å²) in [6.45, 7) is 2.97. The predicted octanol–water partition coefficient (Wildman–Crippen LogP) is 3.54. The van der Waals surface area contributed by atoms with E-state index in [1.807, 2.05) is 48.5 Å². The standard InChI is InChI=1S/C29H29N5O5/c1-2-38-29(37)22(19-6-4-3-5-7-19)10-11-30-23-15-31-26-25(23)33-17-34-27(26)28(36)32-14-18-8-9-24-20(12-18)13-21(35)16-39-24/h3-9,12,15,17,22,30-31H,2,10-11,13-14,16H2,1H3,(H,32,36). The number of ketones is 1. The molecule has 1 amide bonds. The van der Waals surface area contributed by atoms with Crippen LogP contribution in [0, 0.1) is 0 Å². The van der Waals surface area contributed by atoms with E-state index in [1.54, 1.807) is 13.1 Å². The van der Waals surface area contributed by atoms with Gasteiger partial charge in [0.05, 0.1) is 23.7 Å². The van der Waals surface area contributed by atoms with Crippen molar-refractivity contribution in [2.45, 2.75) is 32.2 Å². The highest BCUT2D eigenvalue weighted by molar-refractivity contribution is 6.05. The zero-order valence-corrected chi connectivity index (χ0v) is 21.5. The van der Waals surface area contributed by atoms with E-state index in [4.69, 9.17) is 9.47 Å². The number of esters is 1. The zero-order valence-electron chi connectivity index (χ0n) is 21.5. The summed E-state index contributed by atoms with van der Waals surface area (Å²) in [7, 11) is 0. The van der Waals surface area contributed by atoms with Gasteiger partial charge < -0.3 is 25.1 Å². The average Bonchev–Trinajstić information content (AvgIpc) is 3.37. The molecule has 0 aliphatic carbocycles. The zero-order chi connectivity index (χ0) is 27.2. The molecule has 1 aliphatic heterocycles. The number of nitrogens with one attached hydrogen (secondary N) is 3. The second kappa shape index (κ2) is 11.8. The third kappa shape index (κ3) is 5.90. The molecule has 200 valence electrons. The van der Waals surface area contributed by atoms with Crippen molar-refractivity contribution in [3.63, 3.8) is 0 Å². The van der Waals surface area contributed by atoms with Crippen molar-refractivity contribution in [2.24, 2.45) is 0 Å². The Bertz CT molecular complexity index is 1500. The molecule has 3 heterocycles. The predicted molar refractivity (Wildman–Crippen MR) is 145 cm³/mol. The Morgan fingerprint density at radius 1 is 1.15 bits per heavy atom.